The second-order valence-electron chi connectivity index (χ2n) is 6.18. The minimum Gasteiger partial charge on any atom is -0.495 e. The molecular weight excluding hydrogens is 376 g/mol. The van der Waals surface area contributed by atoms with E-state index in [1.165, 1.54) is 25.4 Å². The van der Waals surface area contributed by atoms with Crippen LogP contribution in [0, 0.1) is 0 Å². The topological polar surface area (TPSA) is 111 Å². The normalized spacial score (nSPS) is 10.8. The number of hydrogen-bond acceptors (Lipinski definition) is 6. The number of benzene rings is 2. The summed E-state index contributed by atoms with van der Waals surface area (Å²) in [6, 6.07) is 13.8. The molecule has 0 spiro atoms. The average molecular weight is 392 g/mol. The number of carbonyl (C=O) groups excluding carboxylic acids is 2. The van der Waals surface area contributed by atoms with E-state index < -0.39 is 24.0 Å². The number of ether oxygens (including phenoxy) is 2. The van der Waals surface area contributed by atoms with Crippen molar-refractivity contribution in [3.05, 3.63) is 70.6 Å². The third kappa shape index (κ3) is 3.55. The zero-order valence-electron chi connectivity index (χ0n) is 15.4. The number of pyridine rings is 1. The maximum Gasteiger partial charge on any atom is 0.344 e. The number of carbonyl (C=O) groups is 2. The minimum atomic E-state index is -0.887. The minimum absolute atomic E-state index is 0.179. The fraction of sp³-hybridized carbons (Fsp3) is 0.0952. The van der Waals surface area contributed by atoms with Crippen molar-refractivity contribution in [2.75, 3.05) is 19.0 Å². The predicted octanol–water partition coefficient (Wildman–Crippen LogP) is 3.08. The number of nitrogens with one attached hydrogen (secondary N) is 2. The van der Waals surface area contributed by atoms with E-state index in [9.17, 15) is 14.4 Å². The molecule has 0 radical (unpaired) electrons. The maximum atomic E-state index is 12.2. The lowest BCUT2D eigenvalue weighted by molar-refractivity contribution is -0.119. The van der Waals surface area contributed by atoms with E-state index in [0.717, 1.165) is 16.4 Å². The van der Waals surface area contributed by atoms with Crippen LogP contribution in [0.3, 0.4) is 0 Å². The Labute approximate surface area is 164 Å². The Morgan fingerprint density at radius 2 is 1.90 bits per heavy atom. The number of methoxy groups -OCH3 is 1. The fourth-order valence-electron chi connectivity index (χ4n) is 3.00. The molecule has 4 rings (SSSR count). The highest BCUT2D eigenvalue weighted by Gasteiger charge is 2.16. The lowest BCUT2D eigenvalue weighted by atomic mass is 10.1. The van der Waals surface area contributed by atoms with Crippen LogP contribution >= 0.6 is 0 Å². The van der Waals surface area contributed by atoms with Crippen LogP contribution < -0.4 is 15.6 Å². The van der Waals surface area contributed by atoms with E-state index in [2.05, 4.69) is 10.3 Å². The van der Waals surface area contributed by atoms with Crippen LogP contribution in [0.1, 0.15) is 10.4 Å². The van der Waals surface area contributed by atoms with Crippen LogP contribution in [-0.4, -0.2) is 30.6 Å². The first-order chi connectivity index (χ1) is 14.1. The molecular formula is C21H16N2O6. The van der Waals surface area contributed by atoms with E-state index >= 15 is 0 Å². The summed E-state index contributed by atoms with van der Waals surface area (Å²) in [5.74, 6) is -1.04. The number of H-pyrrole nitrogens is 1. The van der Waals surface area contributed by atoms with Crippen LogP contribution in [0.15, 0.2) is 63.9 Å². The number of anilines is 1. The first kappa shape index (κ1) is 18.3. The molecule has 0 bridgehead atoms. The molecule has 146 valence electrons. The molecule has 0 unspecified atom stereocenters. The Kier molecular flexibility index (Phi) is 4.74. The predicted molar refractivity (Wildman–Crippen MR) is 106 cm³/mol. The zero-order valence-corrected chi connectivity index (χ0v) is 15.4. The summed E-state index contributed by atoms with van der Waals surface area (Å²) in [4.78, 5) is 38.2. The monoisotopic (exact) mass is 392 g/mol. The summed E-state index contributed by atoms with van der Waals surface area (Å²) in [6.07, 6.45) is 1.40. The second-order valence-corrected chi connectivity index (χ2v) is 6.18. The molecule has 1 amide bonds. The molecule has 29 heavy (non-hydrogen) atoms. The van der Waals surface area contributed by atoms with Crippen molar-refractivity contribution in [3.63, 3.8) is 0 Å². The van der Waals surface area contributed by atoms with Gasteiger partial charge in [0, 0.05) is 23.0 Å². The molecule has 2 aromatic heterocycles. The third-order valence-electron chi connectivity index (χ3n) is 4.35. The van der Waals surface area contributed by atoms with E-state index in [-0.39, 0.29) is 5.56 Å². The molecule has 0 atom stereocenters. The standard InChI is InChI=1S/C21H16N2O6/c1-27-18-9-14-12-5-2-3-7-16(12)29-17(14)10-15(18)23-19(24)11-28-21(26)13-6-4-8-22-20(13)25/h2-10H,11H2,1H3,(H,22,25)(H,23,24). The van der Waals surface area contributed by atoms with Gasteiger partial charge in [-0.25, -0.2) is 4.79 Å². The Bertz CT molecular complexity index is 1290. The smallest absolute Gasteiger partial charge is 0.344 e. The highest BCUT2D eigenvalue weighted by molar-refractivity contribution is 6.08. The van der Waals surface area contributed by atoms with Gasteiger partial charge in [-0.3, -0.25) is 9.59 Å². The van der Waals surface area contributed by atoms with Gasteiger partial charge >= 0.3 is 5.97 Å². The van der Waals surface area contributed by atoms with Crippen LogP contribution in [0.5, 0.6) is 5.75 Å². The first-order valence-corrected chi connectivity index (χ1v) is 8.71. The molecule has 8 nitrogen and oxygen atoms in total. The van der Waals surface area contributed by atoms with E-state index in [0.29, 0.717) is 17.0 Å². The van der Waals surface area contributed by atoms with Gasteiger partial charge in [0.25, 0.3) is 11.5 Å². The highest BCUT2D eigenvalue weighted by atomic mass is 16.5. The number of hydrogen-bond donors (Lipinski definition) is 2. The first-order valence-electron chi connectivity index (χ1n) is 8.71. The van der Waals surface area contributed by atoms with Gasteiger partial charge in [0.05, 0.1) is 12.8 Å². The molecule has 8 heteroatoms. The number of aromatic nitrogens is 1. The van der Waals surface area contributed by atoms with Crippen molar-refractivity contribution in [2.24, 2.45) is 0 Å². The van der Waals surface area contributed by atoms with Crippen molar-refractivity contribution in [3.8, 4) is 5.75 Å². The van der Waals surface area contributed by atoms with Crippen molar-refractivity contribution in [1.82, 2.24) is 4.98 Å². The van der Waals surface area contributed by atoms with Crippen molar-refractivity contribution < 1.29 is 23.5 Å². The van der Waals surface area contributed by atoms with E-state index in [4.69, 9.17) is 13.9 Å². The van der Waals surface area contributed by atoms with Crippen LogP contribution in [0.4, 0.5) is 5.69 Å². The average Bonchev–Trinajstić information content (AvgIpc) is 3.09. The molecule has 0 fully saturated rings. The number of para-hydroxylation sites is 1. The Morgan fingerprint density at radius 1 is 1.07 bits per heavy atom. The molecule has 0 aliphatic carbocycles. The number of aromatic amines is 1. The zero-order chi connectivity index (χ0) is 20.4. The van der Waals surface area contributed by atoms with Crippen molar-refractivity contribution in [1.29, 1.82) is 0 Å². The molecule has 4 aromatic rings. The van der Waals surface area contributed by atoms with Crippen LogP contribution in [-0.2, 0) is 9.53 Å². The Hall–Kier alpha value is -4.07. The van der Waals surface area contributed by atoms with Crippen LogP contribution in [0.25, 0.3) is 21.9 Å². The van der Waals surface area contributed by atoms with Gasteiger partial charge in [-0.05, 0) is 24.3 Å². The summed E-state index contributed by atoms with van der Waals surface area (Å²) >= 11 is 0. The van der Waals surface area contributed by atoms with Gasteiger partial charge in [0.1, 0.15) is 22.5 Å². The van der Waals surface area contributed by atoms with Gasteiger partial charge in [-0.2, -0.15) is 0 Å². The number of esters is 1. The van der Waals surface area contributed by atoms with Gasteiger partial charge in [0.15, 0.2) is 6.61 Å². The summed E-state index contributed by atoms with van der Waals surface area (Å²) in [5, 5.41) is 4.42. The summed E-state index contributed by atoms with van der Waals surface area (Å²) in [6.45, 7) is -0.561. The molecule has 2 N–H and O–H groups in total. The largest absolute Gasteiger partial charge is 0.495 e. The van der Waals surface area contributed by atoms with Gasteiger partial charge in [-0.1, -0.05) is 18.2 Å². The lowest BCUT2D eigenvalue weighted by Crippen LogP contribution is -2.24. The Morgan fingerprint density at radius 3 is 2.69 bits per heavy atom. The fourth-order valence-corrected chi connectivity index (χ4v) is 3.00. The molecule has 2 aromatic carbocycles. The number of furan rings is 1. The summed E-state index contributed by atoms with van der Waals surface area (Å²) in [5.41, 5.74) is 0.902. The van der Waals surface area contributed by atoms with Gasteiger partial charge < -0.3 is 24.2 Å². The third-order valence-corrected chi connectivity index (χ3v) is 4.35. The number of rotatable bonds is 5. The van der Waals surface area contributed by atoms with Crippen LogP contribution in [0.2, 0.25) is 0 Å². The highest BCUT2D eigenvalue weighted by Crippen LogP contribution is 2.36. The maximum absolute atomic E-state index is 12.2. The molecule has 2 heterocycles. The molecule has 0 saturated carbocycles. The van der Waals surface area contributed by atoms with E-state index in [1.54, 1.807) is 12.1 Å². The van der Waals surface area contributed by atoms with Gasteiger partial charge in [-0.15, -0.1) is 0 Å². The number of fused-ring (bicyclic) bond motifs is 3. The summed E-state index contributed by atoms with van der Waals surface area (Å²) in [7, 11) is 1.49. The van der Waals surface area contributed by atoms with Crippen molar-refractivity contribution in [2.45, 2.75) is 0 Å². The quantitative estimate of drug-likeness (QED) is 0.505. The second kappa shape index (κ2) is 7.51. The van der Waals surface area contributed by atoms with E-state index in [1.807, 2.05) is 24.3 Å². The van der Waals surface area contributed by atoms with Crippen molar-refractivity contribution >= 4 is 39.5 Å². The molecule has 0 saturated heterocycles. The van der Waals surface area contributed by atoms with Gasteiger partial charge in [0.2, 0.25) is 0 Å². The Balaban J connectivity index is 1.53. The summed E-state index contributed by atoms with van der Waals surface area (Å²) < 4.78 is 16.1. The SMILES string of the molecule is COc1cc2c(cc1NC(=O)COC(=O)c1ccc[nH]c1=O)oc1ccccc12. The molecule has 0 aliphatic heterocycles. The molecule has 0 aliphatic rings. The number of amides is 1. The lowest BCUT2D eigenvalue weighted by Gasteiger charge is -2.10.